The molecule has 0 radical (unpaired) electrons. The number of hydrogen-bond acceptors (Lipinski definition) is 5. The number of thioether (sulfide) groups is 1. The number of carbonyl (C=O) groups excluding carboxylic acids is 1. The monoisotopic (exact) mass is 290 g/mol. The Morgan fingerprint density at radius 1 is 1.32 bits per heavy atom. The first-order valence-electron chi connectivity index (χ1n) is 6.31. The summed E-state index contributed by atoms with van der Waals surface area (Å²) >= 11 is 1.11. The van der Waals surface area contributed by atoms with Crippen molar-refractivity contribution in [3.63, 3.8) is 0 Å². The standard InChI is InChI=1S/C12H22N2O4S/c1-12(2,14-3-5-18-6-4-14)9-13-10(15)7-19-8-11(16)17/h3-9H2,1-2H3,(H,13,15)(H,16,17). The van der Waals surface area contributed by atoms with E-state index >= 15 is 0 Å². The van der Waals surface area contributed by atoms with E-state index in [4.69, 9.17) is 9.84 Å². The van der Waals surface area contributed by atoms with Crippen molar-refractivity contribution in [3.05, 3.63) is 0 Å². The number of amides is 1. The zero-order chi connectivity index (χ0) is 14.3. The summed E-state index contributed by atoms with van der Waals surface area (Å²) in [6.07, 6.45) is 0. The average Bonchev–Trinajstić information content (AvgIpc) is 2.37. The Balaban J connectivity index is 2.25. The Morgan fingerprint density at radius 3 is 2.53 bits per heavy atom. The highest BCUT2D eigenvalue weighted by atomic mass is 32.2. The van der Waals surface area contributed by atoms with Crippen molar-refractivity contribution in [2.45, 2.75) is 19.4 Å². The highest BCUT2D eigenvalue weighted by molar-refractivity contribution is 8.00. The third-order valence-corrected chi connectivity index (χ3v) is 3.96. The van der Waals surface area contributed by atoms with Crippen molar-refractivity contribution in [3.8, 4) is 0 Å². The van der Waals surface area contributed by atoms with Gasteiger partial charge in [-0.25, -0.2) is 0 Å². The zero-order valence-electron chi connectivity index (χ0n) is 11.5. The van der Waals surface area contributed by atoms with E-state index in [0.29, 0.717) is 6.54 Å². The number of nitrogens with one attached hydrogen (secondary N) is 1. The van der Waals surface area contributed by atoms with Crippen LogP contribution in [0.1, 0.15) is 13.8 Å². The number of hydrogen-bond donors (Lipinski definition) is 2. The smallest absolute Gasteiger partial charge is 0.313 e. The molecule has 1 amide bonds. The largest absolute Gasteiger partial charge is 0.481 e. The number of nitrogens with zero attached hydrogens (tertiary/aromatic N) is 1. The molecule has 1 aliphatic heterocycles. The summed E-state index contributed by atoms with van der Waals surface area (Å²) in [5.74, 6) is -0.870. The molecular formula is C12H22N2O4S. The van der Waals surface area contributed by atoms with Gasteiger partial charge in [0.2, 0.25) is 5.91 Å². The van der Waals surface area contributed by atoms with Crippen LogP contribution in [0.2, 0.25) is 0 Å². The number of rotatable bonds is 7. The van der Waals surface area contributed by atoms with Gasteiger partial charge in [-0.1, -0.05) is 0 Å². The van der Waals surface area contributed by atoms with Crippen LogP contribution in [0.25, 0.3) is 0 Å². The molecule has 1 rings (SSSR count). The van der Waals surface area contributed by atoms with Crippen molar-refractivity contribution >= 4 is 23.6 Å². The summed E-state index contributed by atoms with van der Waals surface area (Å²) in [5, 5.41) is 11.3. The van der Waals surface area contributed by atoms with E-state index in [1.54, 1.807) is 0 Å². The molecular weight excluding hydrogens is 268 g/mol. The molecule has 110 valence electrons. The van der Waals surface area contributed by atoms with Gasteiger partial charge in [0, 0.05) is 25.2 Å². The number of carboxylic acids is 1. The van der Waals surface area contributed by atoms with Gasteiger partial charge in [0.05, 0.1) is 24.7 Å². The lowest BCUT2D eigenvalue weighted by atomic mass is 10.0. The van der Waals surface area contributed by atoms with Gasteiger partial charge in [0.1, 0.15) is 0 Å². The number of carbonyl (C=O) groups is 2. The average molecular weight is 290 g/mol. The number of ether oxygens (including phenoxy) is 1. The quantitative estimate of drug-likeness (QED) is 0.689. The Kier molecular flexibility index (Phi) is 6.60. The van der Waals surface area contributed by atoms with Crippen LogP contribution in [0.4, 0.5) is 0 Å². The van der Waals surface area contributed by atoms with E-state index in [0.717, 1.165) is 38.1 Å². The molecule has 1 saturated heterocycles. The first-order valence-corrected chi connectivity index (χ1v) is 7.46. The highest BCUT2D eigenvalue weighted by Gasteiger charge is 2.28. The molecule has 0 bridgehead atoms. The van der Waals surface area contributed by atoms with E-state index in [1.165, 1.54) is 0 Å². The Morgan fingerprint density at radius 2 is 1.95 bits per heavy atom. The first-order chi connectivity index (χ1) is 8.92. The molecule has 1 fully saturated rings. The second kappa shape index (κ2) is 7.72. The maximum atomic E-state index is 11.6. The van der Waals surface area contributed by atoms with Crippen molar-refractivity contribution in [1.29, 1.82) is 0 Å². The molecule has 0 spiro atoms. The van der Waals surface area contributed by atoms with Crippen LogP contribution in [0.3, 0.4) is 0 Å². The normalized spacial score (nSPS) is 17.2. The molecule has 0 aromatic rings. The summed E-state index contributed by atoms with van der Waals surface area (Å²) in [6, 6.07) is 0. The second-order valence-electron chi connectivity index (χ2n) is 5.08. The minimum Gasteiger partial charge on any atom is -0.481 e. The lowest BCUT2D eigenvalue weighted by molar-refractivity contribution is -0.133. The van der Waals surface area contributed by atoms with Crippen LogP contribution in [-0.2, 0) is 14.3 Å². The van der Waals surface area contributed by atoms with Crippen LogP contribution < -0.4 is 5.32 Å². The third kappa shape index (κ3) is 6.26. The number of morpholine rings is 1. The van der Waals surface area contributed by atoms with Crippen molar-refractivity contribution < 1.29 is 19.4 Å². The summed E-state index contributed by atoms with van der Waals surface area (Å²) in [4.78, 5) is 24.2. The van der Waals surface area contributed by atoms with E-state index < -0.39 is 5.97 Å². The van der Waals surface area contributed by atoms with E-state index in [1.807, 2.05) is 0 Å². The number of carboxylic acid groups (broad SMARTS) is 1. The molecule has 6 nitrogen and oxygen atoms in total. The Labute approximate surface area is 117 Å². The van der Waals surface area contributed by atoms with E-state index in [-0.39, 0.29) is 23.0 Å². The zero-order valence-corrected chi connectivity index (χ0v) is 12.3. The maximum Gasteiger partial charge on any atom is 0.313 e. The van der Waals surface area contributed by atoms with Crippen molar-refractivity contribution in [2.24, 2.45) is 0 Å². The fourth-order valence-electron chi connectivity index (χ4n) is 1.88. The molecule has 0 aromatic heterocycles. The van der Waals surface area contributed by atoms with Gasteiger partial charge in [-0.3, -0.25) is 14.5 Å². The van der Waals surface area contributed by atoms with Gasteiger partial charge in [-0.15, -0.1) is 11.8 Å². The van der Waals surface area contributed by atoms with Gasteiger partial charge < -0.3 is 15.2 Å². The first kappa shape index (κ1) is 16.3. The lowest BCUT2D eigenvalue weighted by Crippen LogP contribution is -2.55. The van der Waals surface area contributed by atoms with Crippen molar-refractivity contribution in [2.75, 3.05) is 44.4 Å². The van der Waals surface area contributed by atoms with Crippen LogP contribution >= 0.6 is 11.8 Å². The summed E-state index contributed by atoms with van der Waals surface area (Å²) < 4.78 is 5.31. The molecule has 19 heavy (non-hydrogen) atoms. The fraction of sp³-hybridized carbons (Fsp3) is 0.833. The summed E-state index contributed by atoms with van der Waals surface area (Å²) in [6.45, 7) is 7.93. The minimum absolute atomic E-state index is 0.0414. The minimum atomic E-state index is -0.897. The maximum absolute atomic E-state index is 11.6. The SMILES string of the molecule is CC(C)(CNC(=O)CSCC(=O)O)N1CCOCC1. The van der Waals surface area contributed by atoms with Crippen LogP contribution in [0, 0.1) is 0 Å². The molecule has 0 saturated carbocycles. The van der Waals surface area contributed by atoms with Crippen LogP contribution in [0.15, 0.2) is 0 Å². The van der Waals surface area contributed by atoms with Crippen molar-refractivity contribution in [1.82, 2.24) is 10.2 Å². The molecule has 1 heterocycles. The summed E-state index contributed by atoms with van der Waals surface area (Å²) in [7, 11) is 0. The molecule has 7 heteroatoms. The van der Waals surface area contributed by atoms with E-state index in [9.17, 15) is 9.59 Å². The molecule has 0 aromatic carbocycles. The van der Waals surface area contributed by atoms with Gasteiger partial charge in [-0.05, 0) is 13.8 Å². The molecule has 0 atom stereocenters. The predicted molar refractivity (Wildman–Crippen MR) is 74.4 cm³/mol. The highest BCUT2D eigenvalue weighted by Crippen LogP contribution is 2.15. The predicted octanol–water partition coefficient (Wildman–Crippen LogP) is 0.0312. The molecule has 2 N–H and O–H groups in total. The van der Waals surface area contributed by atoms with Crippen LogP contribution in [0.5, 0.6) is 0 Å². The summed E-state index contributed by atoms with van der Waals surface area (Å²) in [5.41, 5.74) is -0.114. The van der Waals surface area contributed by atoms with Gasteiger partial charge >= 0.3 is 5.97 Å². The van der Waals surface area contributed by atoms with Gasteiger partial charge in [0.15, 0.2) is 0 Å². The second-order valence-corrected chi connectivity index (χ2v) is 6.06. The molecule has 0 unspecified atom stereocenters. The van der Waals surface area contributed by atoms with E-state index in [2.05, 4.69) is 24.1 Å². The Hall–Kier alpha value is -0.790. The topological polar surface area (TPSA) is 78.9 Å². The lowest BCUT2D eigenvalue weighted by Gasteiger charge is -2.40. The Bertz CT molecular complexity index is 317. The van der Waals surface area contributed by atoms with Gasteiger partial charge in [-0.2, -0.15) is 0 Å². The fourth-order valence-corrected chi connectivity index (χ4v) is 2.44. The van der Waals surface area contributed by atoms with Gasteiger partial charge in [0.25, 0.3) is 0 Å². The third-order valence-electron chi connectivity index (χ3n) is 3.04. The van der Waals surface area contributed by atoms with Crippen LogP contribution in [-0.4, -0.2) is 71.8 Å². The number of aliphatic carboxylic acids is 1. The molecule has 0 aliphatic carbocycles. The molecule has 1 aliphatic rings.